The number of amides is 5. The number of hydrogen-bond donors (Lipinski definition) is 2. The van der Waals surface area contributed by atoms with E-state index in [2.05, 4.69) is 10.6 Å². The minimum absolute atomic E-state index is 0.0614. The summed E-state index contributed by atoms with van der Waals surface area (Å²) >= 11 is 0. The maximum absolute atomic E-state index is 13.3. The highest BCUT2D eigenvalue weighted by Gasteiger charge is 2.40. The first-order chi connectivity index (χ1) is 17.0. The number of carbonyl (C=O) groups is 4. The Balaban J connectivity index is 1.40. The van der Waals surface area contributed by atoms with E-state index in [0.29, 0.717) is 12.1 Å². The Morgan fingerprint density at radius 3 is 2.66 bits per heavy atom. The lowest BCUT2D eigenvalue weighted by atomic mass is 9.93. The van der Waals surface area contributed by atoms with Gasteiger partial charge in [0.15, 0.2) is 0 Å². The summed E-state index contributed by atoms with van der Waals surface area (Å²) in [5.74, 6) is -1.39. The van der Waals surface area contributed by atoms with Crippen molar-refractivity contribution in [3.05, 3.63) is 41.6 Å². The number of aromatic nitrogens is 1. The van der Waals surface area contributed by atoms with Gasteiger partial charge in [0.1, 0.15) is 12.1 Å². The predicted molar refractivity (Wildman–Crippen MR) is 129 cm³/mol. The van der Waals surface area contributed by atoms with Gasteiger partial charge < -0.3 is 14.6 Å². The summed E-state index contributed by atoms with van der Waals surface area (Å²) in [6.45, 7) is 1.31. The van der Waals surface area contributed by atoms with Crippen molar-refractivity contribution in [3.8, 4) is 0 Å². The first kappa shape index (κ1) is 23.3. The maximum Gasteiger partial charge on any atom is 0.331 e. The van der Waals surface area contributed by atoms with Gasteiger partial charge >= 0.3 is 6.03 Å². The molecule has 0 spiro atoms. The average Bonchev–Trinajstić information content (AvgIpc) is 3.49. The van der Waals surface area contributed by atoms with Crippen LogP contribution in [0, 0.1) is 0 Å². The first-order valence-corrected chi connectivity index (χ1v) is 12.4. The lowest BCUT2D eigenvalue weighted by Gasteiger charge is -2.35. The lowest BCUT2D eigenvalue weighted by molar-refractivity contribution is -0.132. The number of hydrogen-bond acceptors (Lipinski definition) is 5. The fourth-order valence-corrected chi connectivity index (χ4v) is 5.26. The van der Waals surface area contributed by atoms with Crippen molar-refractivity contribution in [2.45, 2.75) is 63.6 Å². The van der Waals surface area contributed by atoms with E-state index < -0.39 is 17.8 Å². The second-order valence-electron chi connectivity index (χ2n) is 9.45. The molecule has 2 saturated heterocycles. The third-order valence-electron chi connectivity index (χ3n) is 7.06. The third kappa shape index (κ3) is 4.86. The number of fused-ring (bicyclic) bond motifs is 1. The van der Waals surface area contributed by atoms with Gasteiger partial charge in [0, 0.05) is 41.9 Å². The highest BCUT2D eigenvalue weighted by molar-refractivity contribution is 6.31. The van der Waals surface area contributed by atoms with Crippen LogP contribution in [0.1, 0.15) is 50.5 Å². The van der Waals surface area contributed by atoms with Crippen molar-refractivity contribution < 1.29 is 23.9 Å². The van der Waals surface area contributed by atoms with Gasteiger partial charge in [0.2, 0.25) is 5.91 Å². The summed E-state index contributed by atoms with van der Waals surface area (Å²) < 4.78 is 7.37. The minimum Gasteiger partial charge on any atom is -0.376 e. The molecule has 3 aliphatic rings. The minimum atomic E-state index is -0.696. The molecule has 1 aliphatic carbocycles. The molecule has 1 saturated carbocycles. The van der Waals surface area contributed by atoms with Crippen LogP contribution in [0.2, 0.25) is 0 Å². The smallest absolute Gasteiger partial charge is 0.331 e. The SMILES string of the molecule is O=C(Cn1cc(/C=C2\C(=O)NC(=O)N(C3CCCCC3)C2=O)c2ccccc21)NC[C@@H]1CCCO1. The van der Waals surface area contributed by atoms with Crippen LogP contribution >= 0.6 is 0 Å². The topological polar surface area (TPSA) is 110 Å². The zero-order valence-electron chi connectivity index (χ0n) is 19.6. The first-order valence-electron chi connectivity index (χ1n) is 12.4. The summed E-state index contributed by atoms with van der Waals surface area (Å²) in [4.78, 5) is 52.2. The molecular weight excluding hydrogens is 448 g/mol. The van der Waals surface area contributed by atoms with E-state index in [1.165, 1.54) is 11.0 Å². The van der Waals surface area contributed by atoms with E-state index in [-0.39, 0.29) is 30.2 Å². The van der Waals surface area contributed by atoms with Crippen LogP contribution in [0.25, 0.3) is 17.0 Å². The Morgan fingerprint density at radius 2 is 1.89 bits per heavy atom. The van der Waals surface area contributed by atoms with Crippen LogP contribution in [0.15, 0.2) is 36.0 Å². The van der Waals surface area contributed by atoms with Crippen molar-refractivity contribution in [2.75, 3.05) is 13.2 Å². The molecule has 1 atom stereocenters. The monoisotopic (exact) mass is 478 g/mol. The van der Waals surface area contributed by atoms with E-state index >= 15 is 0 Å². The number of barbiturate groups is 1. The molecule has 2 N–H and O–H groups in total. The molecule has 1 aromatic carbocycles. The molecule has 5 amide bonds. The van der Waals surface area contributed by atoms with Crippen molar-refractivity contribution in [1.29, 1.82) is 0 Å². The molecule has 9 nitrogen and oxygen atoms in total. The average molecular weight is 479 g/mol. The molecular formula is C26H30N4O5. The Morgan fingerprint density at radius 1 is 1.09 bits per heavy atom. The molecule has 0 bridgehead atoms. The molecule has 35 heavy (non-hydrogen) atoms. The fourth-order valence-electron chi connectivity index (χ4n) is 5.26. The number of urea groups is 1. The summed E-state index contributed by atoms with van der Waals surface area (Å²) in [5.41, 5.74) is 1.39. The van der Waals surface area contributed by atoms with E-state index in [9.17, 15) is 19.2 Å². The zero-order chi connectivity index (χ0) is 24.4. The molecule has 2 aromatic rings. The number of nitrogens with zero attached hydrogens (tertiary/aromatic N) is 2. The van der Waals surface area contributed by atoms with Gasteiger partial charge in [-0.2, -0.15) is 0 Å². The Kier molecular flexibility index (Phi) is 6.68. The van der Waals surface area contributed by atoms with Gasteiger partial charge in [-0.05, 0) is 37.8 Å². The second-order valence-corrected chi connectivity index (χ2v) is 9.45. The molecule has 0 radical (unpaired) electrons. The molecule has 184 valence electrons. The van der Waals surface area contributed by atoms with Crippen LogP contribution in [0.3, 0.4) is 0 Å². The number of nitrogens with one attached hydrogen (secondary N) is 2. The summed E-state index contributed by atoms with van der Waals surface area (Å²) in [6, 6.07) is 6.69. The molecule has 0 unspecified atom stereocenters. The molecule has 2 aliphatic heterocycles. The highest BCUT2D eigenvalue weighted by Crippen LogP contribution is 2.28. The number of carbonyl (C=O) groups excluding carboxylic acids is 4. The van der Waals surface area contributed by atoms with E-state index in [1.807, 2.05) is 28.8 Å². The summed E-state index contributed by atoms with van der Waals surface area (Å²) in [5, 5.41) is 6.07. The summed E-state index contributed by atoms with van der Waals surface area (Å²) in [7, 11) is 0. The lowest BCUT2D eigenvalue weighted by Crippen LogP contribution is -2.58. The van der Waals surface area contributed by atoms with Gasteiger partial charge in [0.05, 0.1) is 6.10 Å². The Hall–Kier alpha value is -3.46. The molecule has 5 rings (SSSR count). The van der Waals surface area contributed by atoms with E-state index in [0.717, 1.165) is 62.5 Å². The zero-order valence-corrected chi connectivity index (χ0v) is 19.6. The van der Waals surface area contributed by atoms with Crippen molar-refractivity contribution in [1.82, 2.24) is 20.1 Å². The number of rotatable bonds is 6. The number of para-hydroxylation sites is 1. The van der Waals surface area contributed by atoms with Gasteiger partial charge in [-0.3, -0.25) is 24.6 Å². The van der Waals surface area contributed by atoms with Crippen LogP contribution in [0.4, 0.5) is 4.79 Å². The fraction of sp³-hybridized carbons (Fsp3) is 0.462. The second kappa shape index (κ2) is 10.0. The van der Waals surface area contributed by atoms with Crippen LogP contribution in [0.5, 0.6) is 0 Å². The quantitative estimate of drug-likeness (QED) is 0.490. The van der Waals surface area contributed by atoms with Crippen LogP contribution in [-0.2, 0) is 25.7 Å². The van der Waals surface area contributed by atoms with E-state index in [4.69, 9.17) is 4.74 Å². The Bertz CT molecular complexity index is 1190. The molecule has 3 heterocycles. The van der Waals surface area contributed by atoms with E-state index in [1.54, 1.807) is 6.20 Å². The molecule has 9 heteroatoms. The van der Waals surface area contributed by atoms with Crippen LogP contribution in [-0.4, -0.2) is 58.5 Å². The van der Waals surface area contributed by atoms with Crippen molar-refractivity contribution >= 4 is 40.7 Å². The molecule has 3 fully saturated rings. The van der Waals surface area contributed by atoms with Gasteiger partial charge in [0.25, 0.3) is 11.8 Å². The number of imide groups is 2. The molecule has 1 aromatic heterocycles. The Labute approximate surface area is 203 Å². The maximum atomic E-state index is 13.3. The number of benzene rings is 1. The van der Waals surface area contributed by atoms with Crippen LogP contribution < -0.4 is 10.6 Å². The predicted octanol–water partition coefficient (Wildman–Crippen LogP) is 2.73. The third-order valence-corrected chi connectivity index (χ3v) is 7.06. The van der Waals surface area contributed by atoms with Gasteiger partial charge in [-0.1, -0.05) is 37.5 Å². The van der Waals surface area contributed by atoms with Crippen molar-refractivity contribution in [3.63, 3.8) is 0 Å². The largest absolute Gasteiger partial charge is 0.376 e. The normalized spacial score (nSPS) is 22.7. The standard InChI is InChI=1S/C26H30N4O5/c31-23(27-14-19-9-6-12-35-19)16-29-15-17(20-10-4-5-11-22(20)29)13-21-24(32)28-26(34)30(25(21)33)18-7-2-1-3-8-18/h4-5,10-11,13,15,18-19H,1-3,6-9,12,14,16H2,(H,27,31)(H,28,32,34)/b21-13+/t19-/m0/s1. The highest BCUT2D eigenvalue weighted by atomic mass is 16.5. The van der Waals surface area contributed by atoms with Gasteiger partial charge in [-0.15, -0.1) is 0 Å². The van der Waals surface area contributed by atoms with Crippen molar-refractivity contribution in [2.24, 2.45) is 0 Å². The van der Waals surface area contributed by atoms with Gasteiger partial charge in [-0.25, -0.2) is 4.79 Å². The number of ether oxygens (including phenoxy) is 1. The summed E-state index contributed by atoms with van der Waals surface area (Å²) in [6.07, 6.45) is 9.82.